The third-order valence-corrected chi connectivity index (χ3v) is 4.59. The molecule has 2 aromatic carbocycles. The number of nitrogens with zero attached hydrogens (tertiary/aromatic N) is 1. The zero-order valence-electron chi connectivity index (χ0n) is 16.6. The molecule has 0 saturated carbocycles. The van der Waals surface area contributed by atoms with Crippen molar-refractivity contribution in [1.29, 1.82) is 0 Å². The van der Waals surface area contributed by atoms with Crippen molar-refractivity contribution in [2.75, 3.05) is 13.2 Å². The first-order valence-electron chi connectivity index (χ1n) is 9.50. The highest BCUT2D eigenvalue weighted by molar-refractivity contribution is 5.76. The molecule has 1 aromatic heterocycles. The van der Waals surface area contributed by atoms with Crippen LogP contribution >= 0.6 is 0 Å². The van der Waals surface area contributed by atoms with Crippen LogP contribution in [0.4, 0.5) is 0 Å². The second-order valence-corrected chi connectivity index (χ2v) is 6.93. The van der Waals surface area contributed by atoms with Crippen molar-refractivity contribution in [2.24, 2.45) is 0 Å². The highest BCUT2D eigenvalue weighted by Gasteiger charge is 2.09. The minimum absolute atomic E-state index is 0.0428. The van der Waals surface area contributed by atoms with E-state index < -0.39 is 0 Å². The van der Waals surface area contributed by atoms with Gasteiger partial charge in [-0.3, -0.25) is 4.79 Å². The second kappa shape index (κ2) is 9.22. The summed E-state index contributed by atoms with van der Waals surface area (Å²) in [6.45, 7) is 7.07. The van der Waals surface area contributed by atoms with Gasteiger partial charge >= 0.3 is 0 Å². The Balaban J connectivity index is 1.41. The predicted octanol–water partition coefficient (Wildman–Crippen LogP) is 4.39. The van der Waals surface area contributed by atoms with Crippen LogP contribution in [0.25, 0.3) is 11.3 Å². The van der Waals surface area contributed by atoms with Crippen molar-refractivity contribution in [2.45, 2.75) is 33.6 Å². The summed E-state index contributed by atoms with van der Waals surface area (Å²) in [4.78, 5) is 16.3. The predicted molar refractivity (Wildman–Crippen MR) is 109 cm³/mol. The highest BCUT2D eigenvalue weighted by Crippen LogP contribution is 2.23. The summed E-state index contributed by atoms with van der Waals surface area (Å²) in [6.07, 6.45) is 2.51. The Hall–Kier alpha value is -3.08. The SMILES string of the molecule is Cc1cccc(OCCNC(=O)CCc2ncc(-c3ccc(C)c(C)c3)o2)c1. The molecule has 0 aliphatic rings. The lowest BCUT2D eigenvalue weighted by molar-refractivity contribution is -0.121. The summed E-state index contributed by atoms with van der Waals surface area (Å²) in [5.74, 6) is 2.07. The fraction of sp³-hybridized carbons (Fsp3) is 0.304. The maximum Gasteiger partial charge on any atom is 0.220 e. The third kappa shape index (κ3) is 5.46. The molecule has 5 heteroatoms. The quantitative estimate of drug-likeness (QED) is 0.590. The average molecular weight is 378 g/mol. The van der Waals surface area contributed by atoms with Gasteiger partial charge < -0.3 is 14.5 Å². The Kier molecular flexibility index (Phi) is 6.48. The molecule has 0 spiro atoms. The maximum atomic E-state index is 12.0. The number of benzene rings is 2. The van der Waals surface area contributed by atoms with Crippen LogP contribution in [0.1, 0.15) is 29.0 Å². The van der Waals surface area contributed by atoms with E-state index >= 15 is 0 Å². The van der Waals surface area contributed by atoms with E-state index in [1.807, 2.05) is 37.3 Å². The minimum Gasteiger partial charge on any atom is -0.492 e. The molecule has 1 N–H and O–H groups in total. The molecule has 1 amide bonds. The number of aryl methyl sites for hydroxylation is 4. The number of aromatic nitrogens is 1. The molecule has 0 saturated heterocycles. The number of amides is 1. The number of carbonyl (C=O) groups is 1. The third-order valence-electron chi connectivity index (χ3n) is 4.59. The number of hydrogen-bond acceptors (Lipinski definition) is 4. The van der Waals surface area contributed by atoms with E-state index in [1.54, 1.807) is 6.20 Å². The van der Waals surface area contributed by atoms with Crippen LogP contribution in [0.5, 0.6) is 5.75 Å². The lowest BCUT2D eigenvalue weighted by Crippen LogP contribution is -2.28. The van der Waals surface area contributed by atoms with Crippen molar-refractivity contribution >= 4 is 5.91 Å². The van der Waals surface area contributed by atoms with E-state index in [4.69, 9.17) is 9.15 Å². The number of rotatable bonds is 8. The minimum atomic E-state index is -0.0428. The molecule has 0 radical (unpaired) electrons. The standard InChI is InChI=1S/C23H26N2O3/c1-16-5-4-6-20(13-16)27-12-11-24-22(26)9-10-23-25-15-21(28-23)19-8-7-17(2)18(3)14-19/h4-8,13-15H,9-12H2,1-3H3,(H,24,26). The van der Waals surface area contributed by atoms with Gasteiger partial charge in [0.15, 0.2) is 11.7 Å². The summed E-state index contributed by atoms with van der Waals surface area (Å²) >= 11 is 0. The van der Waals surface area contributed by atoms with Crippen LogP contribution in [0, 0.1) is 20.8 Å². The van der Waals surface area contributed by atoms with Crippen molar-refractivity contribution in [3.63, 3.8) is 0 Å². The molecule has 3 rings (SSSR count). The van der Waals surface area contributed by atoms with Crippen molar-refractivity contribution in [1.82, 2.24) is 10.3 Å². The van der Waals surface area contributed by atoms with E-state index in [2.05, 4.69) is 36.3 Å². The number of ether oxygens (including phenoxy) is 1. The van der Waals surface area contributed by atoms with Gasteiger partial charge in [0.2, 0.25) is 5.91 Å². The zero-order valence-corrected chi connectivity index (χ0v) is 16.6. The van der Waals surface area contributed by atoms with Gasteiger partial charge in [0.05, 0.1) is 12.7 Å². The Labute approximate surface area is 165 Å². The topological polar surface area (TPSA) is 64.4 Å². The molecule has 5 nitrogen and oxygen atoms in total. The molecule has 28 heavy (non-hydrogen) atoms. The first kappa shape index (κ1) is 19.7. The highest BCUT2D eigenvalue weighted by atomic mass is 16.5. The maximum absolute atomic E-state index is 12.0. The summed E-state index contributed by atoms with van der Waals surface area (Å²) < 4.78 is 11.4. The lowest BCUT2D eigenvalue weighted by atomic mass is 10.1. The fourth-order valence-corrected chi connectivity index (χ4v) is 2.83. The Morgan fingerprint density at radius 1 is 1.11 bits per heavy atom. The second-order valence-electron chi connectivity index (χ2n) is 6.93. The summed E-state index contributed by atoms with van der Waals surface area (Å²) in [6, 6.07) is 14.0. The zero-order chi connectivity index (χ0) is 19.9. The van der Waals surface area contributed by atoms with Gasteiger partial charge in [-0.05, 0) is 55.7 Å². The smallest absolute Gasteiger partial charge is 0.220 e. The van der Waals surface area contributed by atoms with Crippen LogP contribution < -0.4 is 10.1 Å². The molecule has 3 aromatic rings. The molecule has 0 fully saturated rings. The first-order chi connectivity index (χ1) is 13.5. The Morgan fingerprint density at radius 2 is 1.96 bits per heavy atom. The molecule has 0 aliphatic carbocycles. The Morgan fingerprint density at radius 3 is 2.75 bits per heavy atom. The summed E-state index contributed by atoms with van der Waals surface area (Å²) in [5, 5.41) is 2.86. The van der Waals surface area contributed by atoms with Crippen molar-refractivity contribution in [3.05, 3.63) is 71.2 Å². The average Bonchev–Trinajstić information content (AvgIpc) is 3.15. The number of oxazole rings is 1. The van der Waals surface area contributed by atoms with Crippen LogP contribution in [-0.2, 0) is 11.2 Å². The van der Waals surface area contributed by atoms with Gasteiger partial charge in [-0.1, -0.05) is 24.3 Å². The van der Waals surface area contributed by atoms with Gasteiger partial charge in [0.25, 0.3) is 0 Å². The molecule has 1 heterocycles. The number of nitrogens with one attached hydrogen (secondary N) is 1. The monoisotopic (exact) mass is 378 g/mol. The largest absolute Gasteiger partial charge is 0.492 e. The molecular weight excluding hydrogens is 352 g/mol. The summed E-state index contributed by atoms with van der Waals surface area (Å²) in [5.41, 5.74) is 4.60. The van der Waals surface area contributed by atoms with Gasteiger partial charge in [-0.2, -0.15) is 0 Å². The van der Waals surface area contributed by atoms with Crippen LogP contribution in [0.15, 0.2) is 53.1 Å². The van der Waals surface area contributed by atoms with E-state index in [1.165, 1.54) is 11.1 Å². The fourth-order valence-electron chi connectivity index (χ4n) is 2.83. The van der Waals surface area contributed by atoms with E-state index in [0.29, 0.717) is 31.9 Å². The van der Waals surface area contributed by atoms with Gasteiger partial charge in [-0.15, -0.1) is 0 Å². The van der Waals surface area contributed by atoms with Crippen LogP contribution in [0.3, 0.4) is 0 Å². The molecule has 0 unspecified atom stereocenters. The van der Waals surface area contributed by atoms with Gasteiger partial charge in [0, 0.05) is 18.4 Å². The van der Waals surface area contributed by atoms with Gasteiger partial charge in [-0.25, -0.2) is 4.98 Å². The van der Waals surface area contributed by atoms with E-state index in [9.17, 15) is 4.79 Å². The van der Waals surface area contributed by atoms with E-state index in [-0.39, 0.29) is 5.91 Å². The van der Waals surface area contributed by atoms with Crippen molar-refractivity contribution in [3.8, 4) is 17.1 Å². The first-order valence-corrected chi connectivity index (χ1v) is 9.50. The van der Waals surface area contributed by atoms with Gasteiger partial charge in [0.1, 0.15) is 12.4 Å². The Bertz CT molecular complexity index is 947. The van der Waals surface area contributed by atoms with Crippen LogP contribution in [0.2, 0.25) is 0 Å². The molecular formula is C23H26N2O3. The summed E-state index contributed by atoms with van der Waals surface area (Å²) in [7, 11) is 0. The normalized spacial score (nSPS) is 10.7. The van der Waals surface area contributed by atoms with Crippen LogP contribution in [-0.4, -0.2) is 24.0 Å². The molecule has 146 valence electrons. The lowest BCUT2D eigenvalue weighted by Gasteiger charge is -2.08. The molecule has 0 aliphatic heterocycles. The molecule has 0 atom stereocenters. The van der Waals surface area contributed by atoms with E-state index in [0.717, 1.165) is 22.6 Å². The number of hydrogen-bond donors (Lipinski definition) is 1. The van der Waals surface area contributed by atoms with Crippen molar-refractivity contribution < 1.29 is 13.9 Å². The number of carbonyl (C=O) groups excluding carboxylic acids is 1. The molecule has 0 bridgehead atoms.